The van der Waals surface area contributed by atoms with Gasteiger partial charge in [-0.1, -0.05) is 12.1 Å². The van der Waals surface area contributed by atoms with Crippen molar-refractivity contribution in [2.75, 3.05) is 13.7 Å². The highest BCUT2D eigenvalue weighted by Crippen LogP contribution is 2.22. The van der Waals surface area contributed by atoms with Crippen LogP contribution < -0.4 is 10.6 Å². The Morgan fingerprint density at radius 2 is 1.56 bits per heavy atom. The normalized spacial score (nSPS) is 10.8. The third-order valence-corrected chi connectivity index (χ3v) is 5.54. The first-order chi connectivity index (χ1) is 15.5. The molecular formula is C26H25N3O3. The summed E-state index contributed by atoms with van der Waals surface area (Å²) >= 11 is 0. The number of hydrogen-bond donors (Lipinski definition) is 1. The fraction of sp³-hybridized carbons (Fsp3) is 0.154. The van der Waals surface area contributed by atoms with Crippen molar-refractivity contribution in [1.82, 2.24) is 9.58 Å². The Morgan fingerprint density at radius 1 is 0.906 bits per heavy atom. The van der Waals surface area contributed by atoms with Crippen LogP contribution in [-0.4, -0.2) is 34.9 Å². The van der Waals surface area contributed by atoms with Crippen LogP contribution in [0.15, 0.2) is 79.0 Å². The van der Waals surface area contributed by atoms with E-state index in [-0.39, 0.29) is 11.7 Å². The van der Waals surface area contributed by atoms with E-state index in [9.17, 15) is 9.59 Å². The molecule has 1 aromatic heterocycles. The van der Waals surface area contributed by atoms with Crippen molar-refractivity contribution in [2.24, 2.45) is 5.84 Å². The average molecular weight is 428 g/mol. The monoisotopic (exact) mass is 427 g/mol. The smallest absolute Gasteiger partial charge is 0.267 e. The predicted molar refractivity (Wildman–Crippen MR) is 125 cm³/mol. The number of nitrogens with zero attached hydrogens (tertiary/aromatic N) is 2. The van der Waals surface area contributed by atoms with E-state index in [0.717, 1.165) is 22.2 Å². The molecule has 0 spiro atoms. The standard InChI is InChI=1S/C26H25N3O3/c1-3-29(27)26(31)20-6-4-18(5-7-20)17-28-15-14-21-16-22(10-13-24(21)28)25(30)19-8-11-23(32-2)12-9-19/h4-16H,3,17,27H2,1-2H3. The molecule has 0 saturated carbocycles. The molecule has 32 heavy (non-hydrogen) atoms. The highest BCUT2D eigenvalue weighted by Gasteiger charge is 2.13. The molecule has 3 aromatic carbocycles. The molecular weight excluding hydrogens is 402 g/mol. The molecule has 6 nitrogen and oxygen atoms in total. The minimum absolute atomic E-state index is 0.0245. The number of benzene rings is 3. The lowest BCUT2D eigenvalue weighted by Crippen LogP contribution is -2.36. The Kier molecular flexibility index (Phi) is 6.05. The number of carbonyl (C=O) groups is 2. The van der Waals surface area contributed by atoms with Gasteiger partial charge in [-0.25, -0.2) is 5.84 Å². The Labute approximate surface area is 186 Å². The van der Waals surface area contributed by atoms with Gasteiger partial charge in [0.2, 0.25) is 0 Å². The Balaban J connectivity index is 1.53. The van der Waals surface area contributed by atoms with Crippen molar-refractivity contribution >= 4 is 22.6 Å². The van der Waals surface area contributed by atoms with Crippen LogP contribution in [-0.2, 0) is 6.54 Å². The molecule has 0 aliphatic rings. The number of carbonyl (C=O) groups excluding carboxylic acids is 2. The van der Waals surface area contributed by atoms with Gasteiger partial charge in [-0.15, -0.1) is 0 Å². The van der Waals surface area contributed by atoms with Gasteiger partial charge in [0.25, 0.3) is 5.91 Å². The van der Waals surface area contributed by atoms with Crippen LogP contribution >= 0.6 is 0 Å². The second-order valence-electron chi connectivity index (χ2n) is 7.56. The van der Waals surface area contributed by atoms with Crippen LogP contribution in [0.25, 0.3) is 10.9 Å². The van der Waals surface area contributed by atoms with Gasteiger partial charge in [-0.3, -0.25) is 14.6 Å². The average Bonchev–Trinajstić information content (AvgIpc) is 3.25. The molecule has 0 aliphatic carbocycles. The molecule has 0 unspecified atom stereocenters. The van der Waals surface area contributed by atoms with E-state index in [1.165, 1.54) is 5.01 Å². The zero-order valence-electron chi connectivity index (χ0n) is 18.1. The number of ketones is 1. The Hall–Kier alpha value is -3.90. The first kappa shape index (κ1) is 21.3. The van der Waals surface area contributed by atoms with Gasteiger partial charge >= 0.3 is 0 Å². The van der Waals surface area contributed by atoms with Crippen molar-refractivity contribution in [2.45, 2.75) is 13.5 Å². The van der Waals surface area contributed by atoms with E-state index >= 15 is 0 Å². The minimum atomic E-state index is -0.195. The van der Waals surface area contributed by atoms with Gasteiger partial charge in [-0.05, 0) is 73.2 Å². The van der Waals surface area contributed by atoms with E-state index in [1.807, 2.05) is 49.5 Å². The highest BCUT2D eigenvalue weighted by molar-refractivity contribution is 6.10. The van der Waals surface area contributed by atoms with Crippen molar-refractivity contribution in [3.8, 4) is 5.75 Å². The lowest BCUT2D eigenvalue weighted by molar-refractivity contribution is 0.0764. The minimum Gasteiger partial charge on any atom is -0.497 e. The molecule has 0 aliphatic heterocycles. The van der Waals surface area contributed by atoms with Crippen molar-refractivity contribution < 1.29 is 14.3 Å². The van der Waals surface area contributed by atoms with Gasteiger partial charge in [0.05, 0.1) is 7.11 Å². The number of aromatic nitrogens is 1. The lowest BCUT2D eigenvalue weighted by atomic mass is 10.0. The lowest BCUT2D eigenvalue weighted by Gasteiger charge is -2.14. The van der Waals surface area contributed by atoms with Crippen LogP contribution in [0.2, 0.25) is 0 Å². The molecule has 162 valence electrons. The first-order valence-electron chi connectivity index (χ1n) is 10.4. The van der Waals surface area contributed by atoms with Gasteiger partial charge in [-0.2, -0.15) is 0 Å². The van der Waals surface area contributed by atoms with Crippen molar-refractivity contribution in [1.29, 1.82) is 0 Å². The van der Waals surface area contributed by atoms with Gasteiger partial charge < -0.3 is 9.30 Å². The quantitative estimate of drug-likeness (QED) is 0.207. The SMILES string of the molecule is CCN(N)C(=O)c1ccc(Cn2ccc3cc(C(=O)c4ccc(OC)cc4)ccc32)cc1. The van der Waals surface area contributed by atoms with Gasteiger partial charge in [0.1, 0.15) is 5.75 Å². The molecule has 0 bridgehead atoms. The summed E-state index contributed by atoms with van der Waals surface area (Å²) in [6.07, 6.45) is 2.00. The van der Waals surface area contributed by atoms with E-state index in [0.29, 0.717) is 29.8 Å². The Bertz CT molecular complexity index is 1260. The summed E-state index contributed by atoms with van der Waals surface area (Å²) in [5, 5.41) is 2.19. The maximum Gasteiger partial charge on any atom is 0.267 e. The van der Waals surface area contributed by atoms with Crippen LogP contribution in [0.5, 0.6) is 5.75 Å². The van der Waals surface area contributed by atoms with Crippen molar-refractivity contribution in [3.05, 3.63) is 101 Å². The molecule has 0 fully saturated rings. The van der Waals surface area contributed by atoms with Crippen molar-refractivity contribution in [3.63, 3.8) is 0 Å². The van der Waals surface area contributed by atoms with Crippen LogP contribution in [0.1, 0.15) is 38.8 Å². The van der Waals surface area contributed by atoms with E-state index in [4.69, 9.17) is 10.6 Å². The summed E-state index contributed by atoms with van der Waals surface area (Å²) in [5.41, 5.74) is 3.94. The number of hydrogen-bond acceptors (Lipinski definition) is 4. The summed E-state index contributed by atoms with van der Waals surface area (Å²) < 4.78 is 7.28. The van der Waals surface area contributed by atoms with Gasteiger partial charge in [0, 0.05) is 46.9 Å². The second-order valence-corrected chi connectivity index (χ2v) is 7.56. The number of rotatable bonds is 7. The summed E-state index contributed by atoms with van der Waals surface area (Å²) in [7, 11) is 1.60. The molecule has 6 heteroatoms. The fourth-order valence-corrected chi connectivity index (χ4v) is 3.65. The molecule has 1 heterocycles. The number of methoxy groups -OCH3 is 1. The largest absolute Gasteiger partial charge is 0.497 e. The zero-order chi connectivity index (χ0) is 22.7. The first-order valence-corrected chi connectivity index (χ1v) is 10.4. The van der Waals surface area contributed by atoms with E-state index in [1.54, 1.807) is 43.5 Å². The van der Waals surface area contributed by atoms with Gasteiger partial charge in [0.15, 0.2) is 5.78 Å². The number of hydrazine groups is 1. The highest BCUT2D eigenvalue weighted by atomic mass is 16.5. The van der Waals surface area contributed by atoms with Crippen LogP contribution in [0.3, 0.4) is 0 Å². The number of fused-ring (bicyclic) bond motifs is 1. The summed E-state index contributed by atoms with van der Waals surface area (Å²) in [5.74, 6) is 6.19. The van der Waals surface area contributed by atoms with E-state index in [2.05, 4.69) is 4.57 Å². The molecule has 0 radical (unpaired) electrons. The molecule has 2 N–H and O–H groups in total. The third-order valence-electron chi connectivity index (χ3n) is 5.54. The Morgan fingerprint density at radius 3 is 2.22 bits per heavy atom. The van der Waals surface area contributed by atoms with E-state index < -0.39 is 0 Å². The van der Waals surface area contributed by atoms with Crippen LogP contribution in [0, 0.1) is 0 Å². The summed E-state index contributed by atoms with van der Waals surface area (Å²) in [4.78, 5) is 25.0. The number of ether oxygens (including phenoxy) is 1. The zero-order valence-corrected chi connectivity index (χ0v) is 18.1. The molecule has 4 rings (SSSR count). The maximum absolute atomic E-state index is 12.9. The maximum atomic E-state index is 12.9. The molecule has 1 amide bonds. The fourth-order valence-electron chi connectivity index (χ4n) is 3.65. The summed E-state index contributed by atoms with van der Waals surface area (Å²) in [6, 6.07) is 22.3. The topological polar surface area (TPSA) is 77.6 Å². The number of amides is 1. The summed E-state index contributed by atoms with van der Waals surface area (Å²) in [6.45, 7) is 2.95. The molecule has 4 aromatic rings. The molecule has 0 atom stereocenters. The molecule has 0 saturated heterocycles. The van der Waals surface area contributed by atoms with Crippen LogP contribution in [0.4, 0.5) is 0 Å². The third kappa shape index (κ3) is 4.26. The predicted octanol–water partition coefficient (Wildman–Crippen LogP) is 4.27. The second kappa shape index (κ2) is 9.08. The number of nitrogens with two attached hydrogens (primary N) is 1.